The minimum atomic E-state index is 0.0857. The minimum absolute atomic E-state index is 0.0857. The van der Waals surface area contributed by atoms with Gasteiger partial charge in [-0.15, -0.1) is 0 Å². The van der Waals surface area contributed by atoms with Crippen LogP contribution in [0.15, 0.2) is 169 Å². The highest BCUT2D eigenvalue weighted by atomic mass is 79.9. The topological polar surface area (TPSA) is 290 Å². The fourth-order valence-electron chi connectivity index (χ4n) is 16.4. The highest BCUT2D eigenvalue weighted by Gasteiger charge is 2.29. The average molecular weight is 1560 g/mol. The number of benzene rings is 3. The number of likely N-dealkylation sites (N-methyl/N-ethyl adjacent to an activating group) is 1. The van der Waals surface area contributed by atoms with Gasteiger partial charge in [-0.25, -0.2) is 39.9 Å². The predicted octanol–water partition coefficient (Wildman–Crippen LogP) is 16.6. The average Bonchev–Trinajstić information content (AvgIpc) is 1.62. The van der Waals surface area contributed by atoms with Gasteiger partial charge < -0.3 is 49.2 Å². The molecular weight excluding hydrogens is 1470 g/mol. The summed E-state index contributed by atoms with van der Waals surface area (Å²) >= 11 is 3.52. The molecule has 4 fully saturated rings. The van der Waals surface area contributed by atoms with E-state index in [1.807, 2.05) is 48.9 Å². The largest absolute Gasteiger partial charge is 0.487 e. The second-order valence-electron chi connectivity index (χ2n) is 29.5. The van der Waals surface area contributed by atoms with Crippen LogP contribution in [0.3, 0.4) is 0 Å². The van der Waals surface area contributed by atoms with Gasteiger partial charge in [0.25, 0.3) is 0 Å². The van der Waals surface area contributed by atoms with Crippen molar-refractivity contribution in [2.24, 2.45) is 0 Å². The summed E-state index contributed by atoms with van der Waals surface area (Å²) in [6.45, 7) is 21.5. The van der Waals surface area contributed by atoms with E-state index in [4.69, 9.17) is 15.3 Å². The number of aromatic nitrogens is 12. The number of nitriles is 4. The lowest BCUT2D eigenvalue weighted by atomic mass is 10.0. The Morgan fingerprint density at radius 2 is 0.947 bits per heavy atom. The molecule has 0 spiro atoms. The predicted molar refractivity (Wildman–Crippen MR) is 451 cm³/mol. The van der Waals surface area contributed by atoms with Gasteiger partial charge in [-0.2, -0.15) is 21.0 Å². The number of aromatic amines is 4. The maximum absolute atomic E-state index is 9.71. The Morgan fingerprint density at radius 3 is 1.50 bits per heavy atom. The van der Waals surface area contributed by atoms with Crippen LogP contribution in [0.5, 0.6) is 5.75 Å². The van der Waals surface area contributed by atoms with E-state index in [9.17, 15) is 10.5 Å². The van der Waals surface area contributed by atoms with Gasteiger partial charge in [0, 0.05) is 154 Å². The maximum atomic E-state index is 9.71. The van der Waals surface area contributed by atoms with Crippen molar-refractivity contribution in [1.82, 2.24) is 79.4 Å². The molecule has 4 aliphatic rings. The van der Waals surface area contributed by atoms with Gasteiger partial charge in [-0.05, 0) is 165 Å². The van der Waals surface area contributed by atoms with Crippen LogP contribution in [0.4, 0.5) is 11.4 Å². The lowest BCUT2D eigenvalue weighted by Gasteiger charge is -2.39. The molecule has 24 heteroatoms. The number of nitrogens with one attached hydrogen (secondary N) is 4. The van der Waals surface area contributed by atoms with E-state index < -0.39 is 0 Å². The third-order valence-electron chi connectivity index (χ3n) is 22.7. The van der Waals surface area contributed by atoms with Crippen molar-refractivity contribution in [3.05, 3.63) is 198 Å². The molecule has 113 heavy (non-hydrogen) atoms. The van der Waals surface area contributed by atoms with Gasteiger partial charge in [0.1, 0.15) is 64.4 Å². The molecule has 16 heterocycles. The Morgan fingerprint density at radius 1 is 0.442 bits per heavy atom. The van der Waals surface area contributed by atoms with E-state index in [0.717, 1.165) is 236 Å². The zero-order chi connectivity index (χ0) is 77.5. The van der Waals surface area contributed by atoms with Gasteiger partial charge in [0.2, 0.25) is 0 Å². The lowest BCUT2D eigenvalue weighted by molar-refractivity contribution is 0.104. The Labute approximate surface area is 663 Å². The summed E-state index contributed by atoms with van der Waals surface area (Å²) in [5.41, 5.74) is 18.5. The van der Waals surface area contributed by atoms with Crippen LogP contribution >= 0.6 is 15.9 Å². The number of fused-ring (bicyclic) bond motifs is 12. The van der Waals surface area contributed by atoms with Gasteiger partial charge in [0.15, 0.2) is 17.1 Å². The van der Waals surface area contributed by atoms with Gasteiger partial charge >= 0.3 is 0 Å². The highest BCUT2D eigenvalue weighted by molar-refractivity contribution is 9.10. The second-order valence-corrected chi connectivity index (χ2v) is 30.4. The quantitative estimate of drug-likeness (QED) is 0.0834. The summed E-state index contributed by atoms with van der Waals surface area (Å²) in [6.07, 6.45) is 22.5. The summed E-state index contributed by atoms with van der Waals surface area (Å²) < 4.78 is 7.36. The number of rotatable bonds is 13. The van der Waals surface area contributed by atoms with Crippen LogP contribution in [-0.2, 0) is 6.54 Å². The highest BCUT2D eigenvalue weighted by Crippen LogP contribution is 2.41. The number of H-pyrrole nitrogens is 4. The van der Waals surface area contributed by atoms with E-state index in [0.29, 0.717) is 34.6 Å². The number of hydrogen-bond donors (Lipinski definition) is 4. The fourth-order valence-corrected chi connectivity index (χ4v) is 16.8. The molecule has 19 rings (SSSR count). The maximum Gasteiger partial charge on any atom is 0.183 e. The normalized spacial score (nSPS) is 15.4. The number of halogens is 1. The van der Waals surface area contributed by atoms with Crippen molar-refractivity contribution in [2.75, 3.05) is 102 Å². The van der Waals surface area contributed by atoms with Gasteiger partial charge in [-0.1, -0.05) is 93.9 Å². The first kappa shape index (κ1) is 74.8. The summed E-state index contributed by atoms with van der Waals surface area (Å²) in [7, 11) is 2.17. The summed E-state index contributed by atoms with van der Waals surface area (Å²) in [5, 5.41) is 45.6. The van der Waals surface area contributed by atoms with Crippen LogP contribution in [0, 0.1) is 45.3 Å². The van der Waals surface area contributed by atoms with Crippen LogP contribution in [0.1, 0.15) is 94.1 Å². The van der Waals surface area contributed by atoms with E-state index in [-0.39, 0.29) is 6.10 Å². The van der Waals surface area contributed by atoms with Crippen molar-refractivity contribution >= 4 is 115 Å². The first-order valence-electron chi connectivity index (χ1n) is 39.1. The molecule has 0 unspecified atom stereocenters. The third kappa shape index (κ3) is 16.0. The number of likely N-dealkylation sites (tertiary alicyclic amines) is 2. The molecular formula is C89H87BrN22O. The Bertz CT molecular complexity index is 6110. The molecule has 4 aliphatic heterocycles. The van der Waals surface area contributed by atoms with E-state index in [1.54, 1.807) is 31.0 Å². The molecule has 12 aromatic heterocycles. The first-order chi connectivity index (χ1) is 55.4. The number of hydrogen-bond acceptors (Lipinski definition) is 19. The summed E-state index contributed by atoms with van der Waals surface area (Å²) in [6, 6.07) is 49.1. The van der Waals surface area contributed by atoms with Crippen LogP contribution < -0.4 is 14.5 Å². The monoisotopic (exact) mass is 1560 g/mol. The number of nitrogens with zero attached hydrogens (tertiary/aromatic N) is 18. The number of ether oxygens (including phenoxy) is 1. The first-order valence-corrected chi connectivity index (χ1v) is 39.9. The zero-order valence-electron chi connectivity index (χ0n) is 63.9. The van der Waals surface area contributed by atoms with E-state index >= 15 is 0 Å². The lowest BCUT2D eigenvalue weighted by Crippen LogP contribution is -2.45. The molecule has 4 saturated heterocycles. The molecule has 0 aliphatic carbocycles. The number of piperidine rings is 3. The standard InChI is InChI=1S/C24H23N5O.C23H21N5.C22H20N6.C20H23BrN6/c1-2-29-10-8-18(9-11-29)30-23-20(13-25)26-15-21-22(23)19-12-17(14-27-24(19)28-21)16-6-4-3-5-7-16;24-12-19-11-20-21-10-18(13-26-23(21)27-22(20)14-25-19)17-6-4-16(5-7-17)15-28-8-2-1-3-9-28;1-27-6-8-28(9-7-27)18-4-2-15(3-5-18)16-10-20-19-11-17(12-23)24-14-21(19)26-22(20)25-13-16;1-3-26(4-2)14-5-7-27(8-6-14)19-16(10-22)23-12-17-18(19)15-9-13(21)11-24-20(15)25-17/h3-7,12,14-15,18H,2,8-11H2,1H3,(H,27,28);4-7,10-11,13-14H,1-3,8-9,15H2,(H,26,27);2-5,10-11,13-14H,6-9H2,1H3,(H,25,26);9,11-12,14H,3-8H2,1-2H3,(H,24,25). The molecule has 0 atom stereocenters. The summed E-state index contributed by atoms with van der Waals surface area (Å²) in [5.74, 6) is 0.572. The molecule has 0 bridgehead atoms. The number of anilines is 2. The van der Waals surface area contributed by atoms with Gasteiger partial charge in [0.05, 0.1) is 57.9 Å². The molecule has 23 nitrogen and oxygen atoms in total. The molecule has 0 radical (unpaired) electrons. The minimum Gasteiger partial charge on any atom is -0.487 e. The molecule has 4 N–H and O–H groups in total. The van der Waals surface area contributed by atoms with E-state index in [2.05, 4.69) is 242 Å². The van der Waals surface area contributed by atoms with Crippen molar-refractivity contribution in [2.45, 2.75) is 84.4 Å². The van der Waals surface area contributed by atoms with Crippen LogP contribution in [0.2, 0.25) is 0 Å². The molecule has 0 amide bonds. The third-order valence-corrected chi connectivity index (χ3v) is 23.1. The molecule has 566 valence electrons. The summed E-state index contributed by atoms with van der Waals surface area (Å²) in [4.78, 5) is 63.2. The van der Waals surface area contributed by atoms with Gasteiger partial charge in [-0.3, -0.25) is 4.90 Å². The van der Waals surface area contributed by atoms with Crippen molar-refractivity contribution in [3.8, 4) is 63.4 Å². The Kier molecular flexibility index (Phi) is 22.3. The Balaban J connectivity index is 0.000000114. The van der Waals surface area contributed by atoms with Crippen LogP contribution in [-0.4, -0.2) is 184 Å². The number of pyridine rings is 8. The van der Waals surface area contributed by atoms with Crippen molar-refractivity contribution < 1.29 is 4.74 Å². The zero-order valence-corrected chi connectivity index (χ0v) is 65.5. The molecule has 3 aromatic carbocycles. The van der Waals surface area contributed by atoms with Crippen molar-refractivity contribution in [1.29, 1.82) is 21.0 Å². The SMILES string of the molecule is CCN(CC)C1CCN(c2c(C#N)ncc3[nH]c4ncc(Br)cc4c23)CC1.CCN1CCC(Oc2c(C#N)ncc3[nH]c4ncc(-c5ccccc5)cc4c23)CC1.CN1CCN(c2ccc(-c3cnc4[nH]c5cnc(C#N)cc5c4c3)cc2)CC1.N#Cc1cc2c(cn1)[nH]c1ncc(-c3ccc(CN4CCCCC4)cc3)cc12. The smallest absolute Gasteiger partial charge is 0.183 e. The van der Waals surface area contributed by atoms with Crippen molar-refractivity contribution in [3.63, 3.8) is 0 Å². The molecule has 0 saturated carbocycles. The number of piperazine rings is 1. The van der Waals surface area contributed by atoms with Crippen LogP contribution in [0.25, 0.3) is 121 Å². The second kappa shape index (κ2) is 33.8. The Hall–Kier alpha value is -12.3. The van der Waals surface area contributed by atoms with E-state index in [1.165, 1.54) is 43.6 Å². The fraction of sp³-hybridized carbons (Fsp3) is 0.303. The molecule has 15 aromatic rings.